The lowest BCUT2D eigenvalue weighted by Crippen LogP contribution is -2.12. The predicted molar refractivity (Wildman–Crippen MR) is 40.0 cm³/mol. The van der Waals surface area contributed by atoms with Gasteiger partial charge in [0.05, 0.1) is 0 Å². The molecule has 0 fully saturated rings. The fraction of sp³-hybridized carbons (Fsp3) is 0.333. The standard InChI is InChI=1S/C6H7NO3S/c1-2-3-4-5-6-10-11(7,8)9/h1H,3-4H2,(H2,7,8,9). The van der Waals surface area contributed by atoms with Crippen molar-refractivity contribution in [2.24, 2.45) is 5.14 Å². The summed E-state index contributed by atoms with van der Waals surface area (Å²) in [6.07, 6.45) is 7.65. The van der Waals surface area contributed by atoms with E-state index in [9.17, 15) is 8.42 Å². The topological polar surface area (TPSA) is 69.4 Å². The Hall–Kier alpha value is -1.17. The van der Waals surface area contributed by atoms with Crippen molar-refractivity contribution in [3.8, 4) is 24.4 Å². The molecule has 0 unspecified atom stereocenters. The van der Waals surface area contributed by atoms with Crippen molar-refractivity contribution >= 4 is 10.3 Å². The van der Waals surface area contributed by atoms with Gasteiger partial charge in [0, 0.05) is 12.8 Å². The molecule has 60 valence electrons. The third-order valence-electron chi connectivity index (χ3n) is 0.624. The molecule has 0 aromatic carbocycles. The fourth-order valence-corrected chi connectivity index (χ4v) is 0.448. The number of terminal acetylenes is 1. The van der Waals surface area contributed by atoms with Gasteiger partial charge in [0.15, 0.2) is 0 Å². The van der Waals surface area contributed by atoms with Gasteiger partial charge in [-0.05, 0) is 0 Å². The molecular formula is C6H7NO3S. The molecule has 0 amide bonds. The van der Waals surface area contributed by atoms with Gasteiger partial charge in [0.2, 0.25) is 0 Å². The average molecular weight is 173 g/mol. The maximum Gasteiger partial charge on any atom is 0.388 e. The van der Waals surface area contributed by atoms with E-state index in [-0.39, 0.29) is 0 Å². The van der Waals surface area contributed by atoms with Crippen LogP contribution >= 0.6 is 0 Å². The van der Waals surface area contributed by atoms with E-state index in [0.29, 0.717) is 12.8 Å². The van der Waals surface area contributed by atoms with Gasteiger partial charge in [-0.15, -0.1) is 12.3 Å². The second-order valence-electron chi connectivity index (χ2n) is 1.56. The lowest BCUT2D eigenvalue weighted by molar-refractivity contribution is 0.466. The molecule has 0 saturated carbocycles. The summed E-state index contributed by atoms with van der Waals surface area (Å²) in [6.45, 7) is 0. The van der Waals surface area contributed by atoms with Gasteiger partial charge in [0.1, 0.15) is 6.11 Å². The smallest absolute Gasteiger partial charge is 0.316 e. The Morgan fingerprint density at radius 3 is 2.55 bits per heavy atom. The molecule has 4 nitrogen and oxygen atoms in total. The molecule has 0 aromatic rings. The summed E-state index contributed by atoms with van der Waals surface area (Å²) in [5.74, 6) is 4.70. The first-order valence-electron chi connectivity index (χ1n) is 2.69. The van der Waals surface area contributed by atoms with Crippen LogP contribution in [0.2, 0.25) is 0 Å². The highest BCUT2D eigenvalue weighted by atomic mass is 32.2. The summed E-state index contributed by atoms with van der Waals surface area (Å²) in [5, 5.41) is 4.46. The van der Waals surface area contributed by atoms with Crippen molar-refractivity contribution < 1.29 is 12.6 Å². The summed E-state index contributed by atoms with van der Waals surface area (Å²) in [4.78, 5) is 0. The van der Waals surface area contributed by atoms with Gasteiger partial charge >= 0.3 is 10.3 Å². The molecule has 0 saturated heterocycles. The van der Waals surface area contributed by atoms with Crippen LogP contribution in [0.5, 0.6) is 0 Å². The minimum Gasteiger partial charge on any atom is -0.316 e. The fourth-order valence-electron chi connectivity index (χ4n) is 0.273. The van der Waals surface area contributed by atoms with Gasteiger partial charge < -0.3 is 4.18 Å². The van der Waals surface area contributed by atoms with E-state index in [2.05, 4.69) is 21.2 Å². The molecule has 0 aliphatic rings. The van der Waals surface area contributed by atoms with Crippen LogP contribution in [0, 0.1) is 24.4 Å². The van der Waals surface area contributed by atoms with Crippen LogP contribution in [0.25, 0.3) is 0 Å². The minimum atomic E-state index is -3.94. The van der Waals surface area contributed by atoms with E-state index in [1.807, 2.05) is 6.11 Å². The Morgan fingerprint density at radius 2 is 2.09 bits per heavy atom. The number of hydrogen-bond acceptors (Lipinski definition) is 3. The molecule has 0 rings (SSSR count). The SMILES string of the molecule is C#CCCC#COS(N)(=O)=O. The molecular weight excluding hydrogens is 166 g/mol. The van der Waals surface area contributed by atoms with Crippen LogP contribution in [-0.4, -0.2) is 8.42 Å². The first-order valence-corrected chi connectivity index (χ1v) is 4.16. The first kappa shape index (κ1) is 9.83. The molecule has 0 aliphatic heterocycles. The third-order valence-corrected chi connectivity index (χ3v) is 0.940. The number of unbranched alkanes of at least 4 members (excludes halogenated alkanes) is 1. The van der Waals surface area contributed by atoms with E-state index in [1.54, 1.807) is 0 Å². The summed E-state index contributed by atoms with van der Waals surface area (Å²) in [5.41, 5.74) is 0. The molecule has 0 aromatic heterocycles. The van der Waals surface area contributed by atoms with Crippen LogP contribution in [0.3, 0.4) is 0 Å². The summed E-state index contributed by atoms with van der Waals surface area (Å²) >= 11 is 0. The average Bonchev–Trinajstić information content (AvgIpc) is 1.85. The number of hydrogen-bond donors (Lipinski definition) is 1. The van der Waals surface area contributed by atoms with Gasteiger partial charge in [-0.1, -0.05) is 5.92 Å². The maximum atomic E-state index is 10.1. The van der Waals surface area contributed by atoms with Crippen LogP contribution in [0.4, 0.5) is 0 Å². The van der Waals surface area contributed by atoms with Gasteiger partial charge in [-0.25, -0.2) is 0 Å². The summed E-state index contributed by atoms with van der Waals surface area (Å²) in [7, 11) is -3.94. The van der Waals surface area contributed by atoms with Crippen molar-refractivity contribution in [3.63, 3.8) is 0 Å². The normalized spacial score (nSPS) is 9.09. The monoisotopic (exact) mass is 173 g/mol. The molecule has 0 heterocycles. The van der Waals surface area contributed by atoms with E-state index in [1.165, 1.54) is 0 Å². The van der Waals surface area contributed by atoms with Crippen molar-refractivity contribution in [1.82, 2.24) is 0 Å². The molecule has 0 bridgehead atoms. The highest BCUT2D eigenvalue weighted by molar-refractivity contribution is 7.84. The Morgan fingerprint density at radius 1 is 1.45 bits per heavy atom. The van der Waals surface area contributed by atoms with Crippen LogP contribution < -0.4 is 5.14 Å². The molecule has 11 heavy (non-hydrogen) atoms. The molecule has 0 radical (unpaired) electrons. The second kappa shape index (κ2) is 4.62. The largest absolute Gasteiger partial charge is 0.388 e. The van der Waals surface area contributed by atoms with E-state index in [0.717, 1.165) is 0 Å². The Labute approximate surface area is 66.0 Å². The Kier molecular flexibility index (Phi) is 4.12. The zero-order valence-corrected chi connectivity index (χ0v) is 6.52. The second-order valence-corrected chi connectivity index (χ2v) is 2.71. The Balaban J connectivity index is 3.68. The number of rotatable bonds is 2. The zero-order chi connectivity index (χ0) is 8.74. The summed E-state index contributed by atoms with van der Waals surface area (Å²) < 4.78 is 24.0. The van der Waals surface area contributed by atoms with Crippen LogP contribution in [0.15, 0.2) is 0 Å². The molecule has 0 aliphatic carbocycles. The minimum absolute atomic E-state index is 0.395. The van der Waals surface area contributed by atoms with Gasteiger partial charge in [0.25, 0.3) is 0 Å². The van der Waals surface area contributed by atoms with Gasteiger partial charge in [-0.3, -0.25) is 0 Å². The van der Waals surface area contributed by atoms with E-state index in [4.69, 9.17) is 6.42 Å². The Bertz CT molecular complexity index is 301. The molecule has 5 heteroatoms. The summed E-state index contributed by atoms with van der Waals surface area (Å²) in [6, 6.07) is 0. The predicted octanol–water partition coefficient (Wildman–Crippen LogP) is -0.419. The lowest BCUT2D eigenvalue weighted by Gasteiger charge is -1.87. The third kappa shape index (κ3) is 8.83. The van der Waals surface area contributed by atoms with Crippen molar-refractivity contribution in [2.45, 2.75) is 12.8 Å². The molecule has 0 atom stereocenters. The lowest BCUT2D eigenvalue weighted by atomic mass is 10.3. The maximum absolute atomic E-state index is 10.1. The van der Waals surface area contributed by atoms with Crippen molar-refractivity contribution in [1.29, 1.82) is 0 Å². The molecule has 2 N–H and O–H groups in total. The van der Waals surface area contributed by atoms with E-state index >= 15 is 0 Å². The van der Waals surface area contributed by atoms with Gasteiger partial charge in [-0.2, -0.15) is 13.6 Å². The van der Waals surface area contributed by atoms with E-state index < -0.39 is 10.3 Å². The van der Waals surface area contributed by atoms with Crippen LogP contribution in [-0.2, 0) is 14.5 Å². The van der Waals surface area contributed by atoms with Crippen molar-refractivity contribution in [2.75, 3.05) is 0 Å². The highest BCUT2D eigenvalue weighted by Crippen LogP contribution is 1.83. The van der Waals surface area contributed by atoms with Crippen LogP contribution in [0.1, 0.15) is 12.8 Å². The van der Waals surface area contributed by atoms with Crippen molar-refractivity contribution in [3.05, 3.63) is 0 Å². The zero-order valence-electron chi connectivity index (χ0n) is 5.70. The molecule has 0 spiro atoms. The highest BCUT2D eigenvalue weighted by Gasteiger charge is 1.95. The number of nitrogens with two attached hydrogens (primary N) is 1. The quantitative estimate of drug-likeness (QED) is 0.455. The first-order chi connectivity index (χ1) is 5.06.